The van der Waals surface area contributed by atoms with E-state index in [0.29, 0.717) is 5.92 Å². The molecule has 1 aliphatic rings. The number of rotatable bonds is 4. The van der Waals surface area contributed by atoms with Crippen LogP contribution in [0, 0.1) is 0 Å². The highest BCUT2D eigenvalue weighted by Gasteiger charge is 2.27. The standard InChI is InChI=1S/C23H24N6/c1-2-28-16-24-27-22(28)18-11-8-14-29(15-18)23-19-12-6-7-13-20(19)25-21(26-23)17-9-4-3-5-10-17/h3-7,9-10,12-13,16,18H,2,8,11,14-15H2,1H3. The summed E-state index contributed by atoms with van der Waals surface area (Å²) in [5.74, 6) is 3.24. The van der Waals surface area contributed by atoms with E-state index in [9.17, 15) is 0 Å². The predicted molar refractivity (Wildman–Crippen MR) is 115 cm³/mol. The molecular weight excluding hydrogens is 360 g/mol. The highest BCUT2D eigenvalue weighted by atomic mass is 15.3. The van der Waals surface area contributed by atoms with E-state index >= 15 is 0 Å². The van der Waals surface area contributed by atoms with Crippen molar-refractivity contribution in [3.8, 4) is 11.4 Å². The summed E-state index contributed by atoms with van der Waals surface area (Å²) in [6.45, 7) is 4.92. The van der Waals surface area contributed by atoms with E-state index in [1.54, 1.807) is 0 Å². The molecule has 1 saturated heterocycles. The summed E-state index contributed by atoms with van der Waals surface area (Å²) < 4.78 is 2.15. The van der Waals surface area contributed by atoms with E-state index in [-0.39, 0.29) is 0 Å². The van der Waals surface area contributed by atoms with Gasteiger partial charge in [-0.1, -0.05) is 42.5 Å². The van der Waals surface area contributed by atoms with Gasteiger partial charge in [-0.05, 0) is 31.9 Å². The molecule has 1 atom stereocenters. The zero-order valence-corrected chi connectivity index (χ0v) is 16.6. The average molecular weight is 384 g/mol. The number of aryl methyl sites for hydroxylation is 1. The number of anilines is 1. The van der Waals surface area contributed by atoms with Crippen molar-refractivity contribution in [2.45, 2.75) is 32.2 Å². The van der Waals surface area contributed by atoms with Crippen LogP contribution in [0.3, 0.4) is 0 Å². The minimum absolute atomic E-state index is 0.361. The summed E-state index contributed by atoms with van der Waals surface area (Å²) in [5, 5.41) is 9.66. The zero-order valence-electron chi connectivity index (χ0n) is 16.6. The van der Waals surface area contributed by atoms with Gasteiger partial charge in [0.2, 0.25) is 0 Å². The molecule has 2 aromatic heterocycles. The third-order valence-corrected chi connectivity index (χ3v) is 5.69. The monoisotopic (exact) mass is 384 g/mol. The van der Waals surface area contributed by atoms with Gasteiger partial charge in [0.05, 0.1) is 5.52 Å². The lowest BCUT2D eigenvalue weighted by atomic mass is 9.96. The van der Waals surface area contributed by atoms with E-state index < -0.39 is 0 Å². The number of hydrogen-bond donors (Lipinski definition) is 0. The van der Waals surface area contributed by atoms with Gasteiger partial charge in [0.15, 0.2) is 5.82 Å². The Morgan fingerprint density at radius 2 is 1.83 bits per heavy atom. The molecule has 5 rings (SSSR count). The molecule has 1 fully saturated rings. The highest BCUT2D eigenvalue weighted by molar-refractivity contribution is 5.91. The molecule has 2 aromatic carbocycles. The van der Waals surface area contributed by atoms with Gasteiger partial charge in [0.1, 0.15) is 18.0 Å². The summed E-state index contributed by atoms with van der Waals surface area (Å²) in [5.41, 5.74) is 2.02. The van der Waals surface area contributed by atoms with Crippen molar-refractivity contribution in [2.24, 2.45) is 0 Å². The van der Waals surface area contributed by atoms with Crippen LogP contribution < -0.4 is 4.90 Å². The van der Waals surface area contributed by atoms with Crippen LogP contribution in [-0.4, -0.2) is 37.8 Å². The number of piperidine rings is 1. The first-order chi connectivity index (χ1) is 14.3. The van der Waals surface area contributed by atoms with E-state index in [1.165, 1.54) is 0 Å². The third kappa shape index (κ3) is 3.35. The largest absolute Gasteiger partial charge is 0.355 e. The first-order valence-corrected chi connectivity index (χ1v) is 10.3. The fourth-order valence-corrected chi connectivity index (χ4v) is 4.22. The molecule has 0 N–H and O–H groups in total. The molecule has 0 amide bonds. The van der Waals surface area contributed by atoms with E-state index in [1.807, 2.05) is 30.6 Å². The second kappa shape index (κ2) is 7.62. The fraction of sp³-hybridized carbons (Fsp3) is 0.304. The first-order valence-electron chi connectivity index (χ1n) is 10.3. The Morgan fingerprint density at radius 3 is 2.69 bits per heavy atom. The molecule has 0 saturated carbocycles. The zero-order chi connectivity index (χ0) is 19.6. The number of para-hydroxylation sites is 1. The summed E-state index contributed by atoms with van der Waals surface area (Å²) in [6.07, 6.45) is 4.08. The maximum Gasteiger partial charge on any atom is 0.162 e. The molecule has 29 heavy (non-hydrogen) atoms. The van der Waals surface area contributed by atoms with Crippen molar-refractivity contribution in [1.82, 2.24) is 24.7 Å². The van der Waals surface area contributed by atoms with Crippen molar-refractivity contribution < 1.29 is 0 Å². The van der Waals surface area contributed by atoms with Crippen LogP contribution >= 0.6 is 0 Å². The molecule has 4 aromatic rings. The van der Waals surface area contributed by atoms with Crippen LogP contribution in [0.4, 0.5) is 5.82 Å². The lowest BCUT2D eigenvalue weighted by Crippen LogP contribution is -2.36. The van der Waals surface area contributed by atoms with Crippen molar-refractivity contribution in [3.05, 3.63) is 66.7 Å². The Hall–Kier alpha value is -3.28. The SMILES string of the molecule is CCn1cnnc1C1CCCN(c2nc(-c3ccccc3)nc3ccccc23)C1. The minimum atomic E-state index is 0.361. The molecule has 6 nitrogen and oxygen atoms in total. The Kier molecular flexibility index (Phi) is 4.68. The van der Waals surface area contributed by atoms with Crippen LogP contribution in [0.2, 0.25) is 0 Å². The van der Waals surface area contributed by atoms with E-state index in [4.69, 9.17) is 9.97 Å². The van der Waals surface area contributed by atoms with E-state index in [2.05, 4.69) is 56.9 Å². The fourth-order valence-electron chi connectivity index (χ4n) is 4.22. The second-order valence-electron chi connectivity index (χ2n) is 7.51. The van der Waals surface area contributed by atoms with Gasteiger partial charge in [-0.3, -0.25) is 0 Å². The molecule has 146 valence electrons. The van der Waals surface area contributed by atoms with Crippen molar-refractivity contribution in [3.63, 3.8) is 0 Å². The Balaban J connectivity index is 1.56. The van der Waals surface area contributed by atoms with Crippen molar-refractivity contribution in [1.29, 1.82) is 0 Å². The smallest absolute Gasteiger partial charge is 0.162 e. The summed E-state index contributed by atoms with van der Waals surface area (Å²) in [6, 6.07) is 18.5. The van der Waals surface area contributed by atoms with Crippen LogP contribution in [0.1, 0.15) is 31.5 Å². The number of nitrogens with zero attached hydrogens (tertiary/aromatic N) is 6. The van der Waals surface area contributed by atoms with Gasteiger partial charge in [-0.2, -0.15) is 0 Å². The highest BCUT2D eigenvalue weighted by Crippen LogP contribution is 2.33. The van der Waals surface area contributed by atoms with Gasteiger partial charge < -0.3 is 9.47 Å². The van der Waals surface area contributed by atoms with Gasteiger partial charge in [-0.25, -0.2) is 9.97 Å². The predicted octanol–water partition coefficient (Wildman–Crippen LogP) is 4.29. The topological polar surface area (TPSA) is 59.7 Å². The number of fused-ring (bicyclic) bond motifs is 1. The molecule has 0 bridgehead atoms. The first kappa shape index (κ1) is 17.8. The van der Waals surface area contributed by atoms with Gasteiger partial charge in [-0.15, -0.1) is 10.2 Å². The maximum atomic E-state index is 5.03. The normalized spacial score (nSPS) is 17.0. The molecule has 6 heteroatoms. The molecule has 1 aliphatic heterocycles. The third-order valence-electron chi connectivity index (χ3n) is 5.69. The maximum absolute atomic E-state index is 5.03. The summed E-state index contributed by atoms with van der Waals surface area (Å²) in [7, 11) is 0. The summed E-state index contributed by atoms with van der Waals surface area (Å²) in [4.78, 5) is 12.3. The Bertz CT molecular complexity index is 1120. The lowest BCUT2D eigenvalue weighted by Gasteiger charge is -2.34. The van der Waals surface area contributed by atoms with Crippen molar-refractivity contribution >= 4 is 16.7 Å². The van der Waals surface area contributed by atoms with Crippen LogP contribution in [-0.2, 0) is 6.54 Å². The molecule has 3 heterocycles. The minimum Gasteiger partial charge on any atom is -0.355 e. The van der Waals surface area contributed by atoms with Crippen LogP contribution in [0.15, 0.2) is 60.9 Å². The molecular formula is C23H24N6. The Labute approximate surface area is 170 Å². The average Bonchev–Trinajstić information content (AvgIpc) is 3.28. The lowest BCUT2D eigenvalue weighted by molar-refractivity contribution is 0.472. The molecule has 0 radical (unpaired) electrons. The summed E-state index contributed by atoms with van der Waals surface area (Å²) >= 11 is 0. The van der Waals surface area contributed by atoms with Crippen LogP contribution in [0.5, 0.6) is 0 Å². The Morgan fingerprint density at radius 1 is 1.00 bits per heavy atom. The quantitative estimate of drug-likeness (QED) is 0.525. The van der Waals surface area contributed by atoms with Crippen molar-refractivity contribution in [2.75, 3.05) is 18.0 Å². The number of hydrogen-bond acceptors (Lipinski definition) is 5. The second-order valence-corrected chi connectivity index (χ2v) is 7.51. The van der Waals surface area contributed by atoms with Gasteiger partial charge >= 0.3 is 0 Å². The van der Waals surface area contributed by atoms with Gasteiger partial charge in [0, 0.05) is 36.5 Å². The number of benzene rings is 2. The van der Waals surface area contributed by atoms with Crippen LogP contribution in [0.25, 0.3) is 22.3 Å². The van der Waals surface area contributed by atoms with E-state index in [0.717, 1.165) is 66.4 Å². The number of aromatic nitrogens is 5. The molecule has 0 aliphatic carbocycles. The van der Waals surface area contributed by atoms with Gasteiger partial charge in [0.25, 0.3) is 0 Å². The molecule has 1 unspecified atom stereocenters. The molecule has 0 spiro atoms.